The molecule has 2 aliphatic heterocycles. The number of hydrogen-bond acceptors (Lipinski definition) is 6. The van der Waals surface area contributed by atoms with E-state index >= 15 is 0 Å². The summed E-state index contributed by atoms with van der Waals surface area (Å²) in [5, 5.41) is 0. The normalized spacial score (nSPS) is 23.1. The quantitative estimate of drug-likeness (QED) is 0.768. The van der Waals surface area contributed by atoms with E-state index < -0.39 is 17.8 Å². The molecule has 3 rings (SSSR count). The first-order valence-corrected chi connectivity index (χ1v) is 9.42. The van der Waals surface area contributed by atoms with Crippen LogP contribution in [0.2, 0.25) is 0 Å². The van der Waals surface area contributed by atoms with Crippen molar-refractivity contribution in [2.75, 3.05) is 42.6 Å². The third kappa shape index (κ3) is 4.01. The van der Waals surface area contributed by atoms with Crippen LogP contribution in [0.3, 0.4) is 0 Å². The molecular formula is C18H25F3N4O3. The largest absolute Gasteiger partial charge is 0.409 e. The van der Waals surface area contributed by atoms with Crippen molar-refractivity contribution in [3.8, 4) is 0 Å². The molecule has 3 heterocycles. The molecule has 2 atom stereocenters. The molecule has 0 unspecified atom stereocenters. The minimum atomic E-state index is -4.57. The smallest absolute Gasteiger partial charge is 0.377 e. The highest BCUT2D eigenvalue weighted by Gasteiger charge is 2.46. The van der Waals surface area contributed by atoms with Gasteiger partial charge in [0, 0.05) is 25.1 Å². The molecule has 0 spiro atoms. The van der Waals surface area contributed by atoms with Crippen LogP contribution < -0.4 is 15.4 Å². The number of fused-ring (bicyclic) bond motifs is 1. The second kappa shape index (κ2) is 7.73. The molecule has 0 radical (unpaired) electrons. The second-order valence-corrected chi connectivity index (χ2v) is 7.63. The molecule has 1 fully saturated rings. The highest BCUT2D eigenvalue weighted by molar-refractivity contribution is 5.84. The maximum atomic E-state index is 13.5. The molecule has 0 amide bonds. The average Bonchev–Trinajstić information content (AvgIpc) is 2.61. The summed E-state index contributed by atoms with van der Waals surface area (Å²) in [6, 6.07) is -0.849. The standard InChI is InChI=1S/C18H25F3N4O3/c1-11(2)13(26)9-23-5-4-14(18(19,20)21)25-16(27)8-15(22-17(23)25)24-6-7-28-10-12(24)3/h8,11-12,14H,4-7,9-10H2,1-3H3/t12-,14-/m1/s1. The lowest BCUT2D eigenvalue weighted by atomic mass is 10.1. The van der Waals surface area contributed by atoms with Crippen LogP contribution in [0.1, 0.15) is 33.2 Å². The summed E-state index contributed by atoms with van der Waals surface area (Å²) in [7, 11) is 0. The van der Waals surface area contributed by atoms with Crippen LogP contribution in [-0.2, 0) is 9.53 Å². The third-order valence-corrected chi connectivity index (χ3v) is 5.22. The number of Topliss-reactive ketones (excluding diaryl/α,β-unsaturated/α-hetero) is 1. The first kappa shape index (κ1) is 20.6. The van der Waals surface area contributed by atoms with E-state index in [0.717, 1.165) is 6.07 Å². The molecule has 156 valence electrons. The van der Waals surface area contributed by atoms with Gasteiger partial charge in [0.1, 0.15) is 11.9 Å². The van der Waals surface area contributed by atoms with E-state index in [1.807, 2.05) is 11.8 Å². The van der Waals surface area contributed by atoms with Crippen LogP contribution in [0.4, 0.5) is 24.9 Å². The van der Waals surface area contributed by atoms with Crippen molar-refractivity contribution in [2.24, 2.45) is 5.92 Å². The number of aromatic nitrogens is 2. The molecule has 0 saturated carbocycles. The lowest BCUT2D eigenvalue weighted by Gasteiger charge is -2.38. The number of carbonyl (C=O) groups is 1. The molecule has 1 saturated heterocycles. The Bertz CT molecular complexity index is 793. The predicted molar refractivity (Wildman–Crippen MR) is 97.9 cm³/mol. The van der Waals surface area contributed by atoms with Crippen molar-refractivity contribution in [3.63, 3.8) is 0 Å². The SMILES string of the molecule is CC(C)C(=O)CN1CC[C@H](C(F)(F)F)n2c1nc(N1CCOC[C@H]1C)cc2=O. The molecule has 0 aliphatic carbocycles. The van der Waals surface area contributed by atoms with Gasteiger partial charge in [-0.2, -0.15) is 18.2 Å². The number of ether oxygens (including phenoxy) is 1. The summed E-state index contributed by atoms with van der Waals surface area (Å²) in [6.07, 6.45) is -4.86. The Hall–Kier alpha value is -2.10. The lowest BCUT2D eigenvalue weighted by Crippen LogP contribution is -2.49. The van der Waals surface area contributed by atoms with E-state index in [2.05, 4.69) is 4.98 Å². The van der Waals surface area contributed by atoms with Crippen LogP contribution in [0.25, 0.3) is 0 Å². The molecule has 1 aromatic rings. The van der Waals surface area contributed by atoms with Gasteiger partial charge in [-0.05, 0) is 13.3 Å². The second-order valence-electron chi connectivity index (χ2n) is 7.63. The summed E-state index contributed by atoms with van der Waals surface area (Å²) in [5.74, 6) is -0.153. The van der Waals surface area contributed by atoms with Crippen molar-refractivity contribution in [1.82, 2.24) is 9.55 Å². The van der Waals surface area contributed by atoms with Gasteiger partial charge < -0.3 is 14.5 Å². The molecular weight excluding hydrogens is 377 g/mol. The predicted octanol–water partition coefficient (Wildman–Crippen LogP) is 2.01. The molecule has 28 heavy (non-hydrogen) atoms. The number of alkyl halides is 3. The van der Waals surface area contributed by atoms with Crippen molar-refractivity contribution < 1.29 is 22.7 Å². The number of hydrogen-bond donors (Lipinski definition) is 0. The van der Waals surface area contributed by atoms with Crippen molar-refractivity contribution in [1.29, 1.82) is 0 Å². The van der Waals surface area contributed by atoms with Gasteiger partial charge in [-0.3, -0.25) is 14.2 Å². The fourth-order valence-corrected chi connectivity index (χ4v) is 3.54. The van der Waals surface area contributed by atoms with Crippen molar-refractivity contribution in [2.45, 2.75) is 45.5 Å². The summed E-state index contributed by atoms with van der Waals surface area (Å²) in [5.41, 5.74) is -0.761. The highest BCUT2D eigenvalue weighted by Crippen LogP contribution is 2.38. The van der Waals surface area contributed by atoms with Gasteiger partial charge in [-0.25, -0.2) is 0 Å². The Labute approximate surface area is 161 Å². The maximum Gasteiger partial charge on any atom is 0.409 e. The van der Waals surface area contributed by atoms with Crippen LogP contribution >= 0.6 is 0 Å². The summed E-state index contributed by atoms with van der Waals surface area (Å²) in [6.45, 7) is 6.69. The van der Waals surface area contributed by atoms with E-state index in [-0.39, 0.29) is 43.2 Å². The van der Waals surface area contributed by atoms with Gasteiger partial charge in [-0.15, -0.1) is 0 Å². The zero-order chi connectivity index (χ0) is 20.6. The molecule has 1 aromatic heterocycles. The third-order valence-electron chi connectivity index (χ3n) is 5.22. The van der Waals surface area contributed by atoms with Crippen LogP contribution in [-0.4, -0.2) is 60.4 Å². The van der Waals surface area contributed by atoms with Crippen molar-refractivity contribution >= 4 is 17.5 Å². The van der Waals surface area contributed by atoms with E-state index in [1.165, 1.54) is 4.90 Å². The van der Waals surface area contributed by atoms with Gasteiger partial charge >= 0.3 is 6.18 Å². The molecule has 0 aromatic carbocycles. The van der Waals surface area contributed by atoms with Crippen LogP contribution in [0.5, 0.6) is 0 Å². The lowest BCUT2D eigenvalue weighted by molar-refractivity contribution is -0.170. The van der Waals surface area contributed by atoms with Gasteiger partial charge in [-0.1, -0.05) is 13.8 Å². The van der Waals surface area contributed by atoms with E-state index in [4.69, 9.17) is 4.74 Å². The van der Waals surface area contributed by atoms with Gasteiger partial charge in [0.15, 0.2) is 5.78 Å². The van der Waals surface area contributed by atoms with Crippen molar-refractivity contribution in [3.05, 3.63) is 16.4 Å². The molecule has 2 aliphatic rings. The zero-order valence-electron chi connectivity index (χ0n) is 16.2. The van der Waals surface area contributed by atoms with Crippen LogP contribution in [0, 0.1) is 5.92 Å². The fourth-order valence-electron chi connectivity index (χ4n) is 3.54. The average molecular weight is 402 g/mol. The van der Waals surface area contributed by atoms with Gasteiger partial charge in [0.25, 0.3) is 5.56 Å². The summed E-state index contributed by atoms with van der Waals surface area (Å²) >= 11 is 0. The van der Waals surface area contributed by atoms with E-state index in [1.54, 1.807) is 13.8 Å². The zero-order valence-corrected chi connectivity index (χ0v) is 16.2. The maximum absolute atomic E-state index is 13.5. The van der Waals surface area contributed by atoms with Crippen LogP contribution in [0.15, 0.2) is 10.9 Å². The Morgan fingerprint density at radius 2 is 2.07 bits per heavy atom. The Morgan fingerprint density at radius 1 is 1.36 bits per heavy atom. The number of rotatable bonds is 4. The van der Waals surface area contributed by atoms with E-state index in [9.17, 15) is 22.8 Å². The number of halogens is 3. The fraction of sp³-hybridized carbons (Fsp3) is 0.722. The molecule has 7 nitrogen and oxygen atoms in total. The minimum Gasteiger partial charge on any atom is -0.377 e. The first-order valence-electron chi connectivity index (χ1n) is 9.42. The van der Waals surface area contributed by atoms with Gasteiger partial charge in [0.2, 0.25) is 5.95 Å². The highest BCUT2D eigenvalue weighted by atomic mass is 19.4. The number of ketones is 1. The summed E-state index contributed by atoms with van der Waals surface area (Å²) in [4.78, 5) is 32.7. The molecule has 10 heteroatoms. The van der Waals surface area contributed by atoms with Gasteiger partial charge in [0.05, 0.1) is 25.8 Å². The number of anilines is 2. The first-order chi connectivity index (χ1) is 13.1. The molecule has 0 bridgehead atoms. The Balaban J connectivity index is 2.07. The molecule has 0 N–H and O–H groups in total. The Morgan fingerprint density at radius 3 is 2.68 bits per heavy atom. The number of nitrogens with zero attached hydrogens (tertiary/aromatic N) is 4. The summed E-state index contributed by atoms with van der Waals surface area (Å²) < 4.78 is 46.7. The monoisotopic (exact) mass is 402 g/mol. The van der Waals surface area contributed by atoms with E-state index in [0.29, 0.717) is 30.1 Å². The Kier molecular flexibility index (Phi) is 5.69. The number of morpholine rings is 1. The number of carbonyl (C=O) groups excluding carboxylic acids is 1. The minimum absolute atomic E-state index is 0.0111. The topological polar surface area (TPSA) is 67.7 Å².